The third-order valence-corrected chi connectivity index (χ3v) is 1.66. The summed E-state index contributed by atoms with van der Waals surface area (Å²) in [5.74, 6) is 0.139. The molecule has 3 rings (SSSR count). The number of amides is 1. The minimum absolute atomic E-state index is 0.00926. The van der Waals surface area contributed by atoms with Gasteiger partial charge in [0.2, 0.25) is 5.91 Å². The van der Waals surface area contributed by atoms with Crippen LogP contribution in [0.25, 0.3) is 0 Å². The molecule has 0 fully saturated rings. The van der Waals surface area contributed by atoms with E-state index in [9.17, 15) is 4.79 Å². The van der Waals surface area contributed by atoms with Gasteiger partial charge in [0.25, 0.3) is 0 Å². The van der Waals surface area contributed by atoms with Crippen LogP contribution in [0, 0.1) is 5.92 Å². The first-order valence-electron chi connectivity index (χ1n) is 3.03. The number of rotatable bonds is 0. The largest absolute Gasteiger partial charge is 0.346 e. The fourth-order valence-electron chi connectivity index (χ4n) is 1.14. The summed E-state index contributed by atoms with van der Waals surface area (Å²) >= 11 is 0. The van der Waals surface area contributed by atoms with Crippen LogP contribution < -0.4 is 5.32 Å². The maximum Gasteiger partial charge on any atom is 0.231 e. The van der Waals surface area contributed by atoms with Crippen LogP contribution >= 0.6 is 0 Å². The van der Waals surface area contributed by atoms with Gasteiger partial charge in [-0.2, -0.15) is 0 Å². The minimum atomic E-state index is 0.00926. The Hall–Kier alpha value is -1.05. The highest BCUT2D eigenvalue weighted by Crippen LogP contribution is 2.15. The summed E-state index contributed by atoms with van der Waals surface area (Å²) in [6, 6.07) is 0.169. The van der Waals surface area contributed by atoms with Gasteiger partial charge in [0.15, 0.2) is 0 Å². The fourth-order valence-corrected chi connectivity index (χ4v) is 1.14. The van der Waals surface area contributed by atoms with E-state index in [4.69, 9.17) is 0 Å². The van der Waals surface area contributed by atoms with Crippen LogP contribution in [0.15, 0.2) is 24.3 Å². The van der Waals surface area contributed by atoms with E-state index in [0.29, 0.717) is 0 Å². The average Bonchev–Trinajstić information content (AvgIpc) is 1.90. The summed E-state index contributed by atoms with van der Waals surface area (Å²) < 4.78 is 0. The smallest absolute Gasteiger partial charge is 0.231 e. The Labute approximate surface area is 53.2 Å². The van der Waals surface area contributed by atoms with Crippen molar-refractivity contribution in [1.29, 1.82) is 0 Å². The molecule has 2 heteroatoms. The Kier molecular flexibility index (Phi) is 0.781. The Morgan fingerprint density at radius 3 is 2.11 bits per heavy atom. The van der Waals surface area contributed by atoms with Crippen LogP contribution in [0.5, 0.6) is 0 Å². The quantitative estimate of drug-likeness (QED) is 0.456. The molecule has 0 saturated carbocycles. The molecule has 0 aromatic heterocycles. The van der Waals surface area contributed by atoms with Crippen LogP contribution in [0.4, 0.5) is 0 Å². The molecule has 0 radical (unpaired) electrons. The van der Waals surface area contributed by atoms with Crippen LogP contribution in [-0.4, -0.2) is 11.9 Å². The van der Waals surface area contributed by atoms with E-state index >= 15 is 0 Å². The van der Waals surface area contributed by atoms with E-state index in [2.05, 4.69) is 5.32 Å². The van der Waals surface area contributed by atoms with Crippen molar-refractivity contribution in [2.24, 2.45) is 5.92 Å². The summed E-state index contributed by atoms with van der Waals surface area (Å²) in [7, 11) is 0. The topological polar surface area (TPSA) is 29.1 Å². The molecule has 2 nitrogen and oxygen atoms in total. The summed E-state index contributed by atoms with van der Waals surface area (Å²) in [4.78, 5) is 10.8. The Bertz CT molecular complexity index is 191. The Morgan fingerprint density at radius 1 is 1.22 bits per heavy atom. The van der Waals surface area contributed by atoms with E-state index < -0.39 is 0 Å². The van der Waals surface area contributed by atoms with Gasteiger partial charge >= 0.3 is 0 Å². The molecule has 0 atom stereocenters. The molecule has 1 aliphatic carbocycles. The second-order valence-corrected chi connectivity index (χ2v) is 2.33. The normalized spacial score (nSPS) is 37.1. The van der Waals surface area contributed by atoms with Crippen LogP contribution in [0.1, 0.15) is 0 Å². The van der Waals surface area contributed by atoms with Gasteiger partial charge in [0.1, 0.15) is 0 Å². The van der Waals surface area contributed by atoms with Gasteiger partial charge in [0.05, 0.1) is 12.0 Å². The van der Waals surface area contributed by atoms with Crippen LogP contribution in [-0.2, 0) is 4.79 Å². The lowest BCUT2D eigenvalue weighted by Crippen LogP contribution is -2.42. The number of hydrogen-bond acceptors (Lipinski definition) is 1. The molecule has 1 amide bonds. The molecule has 3 aliphatic rings. The molecule has 0 saturated heterocycles. The Morgan fingerprint density at radius 2 is 1.89 bits per heavy atom. The summed E-state index contributed by atoms with van der Waals surface area (Å²) in [5, 5.41) is 2.80. The highest BCUT2D eigenvalue weighted by Gasteiger charge is 2.23. The molecule has 0 aromatic carbocycles. The Balaban J connectivity index is 2.40. The lowest BCUT2D eigenvalue weighted by molar-refractivity contribution is -0.123. The number of carbonyl (C=O) groups is 1. The van der Waals surface area contributed by atoms with Crippen molar-refractivity contribution in [3.63, 3.8) is 0 Å². The summed E-state index contributed by atoms with van der Waals surface area (Å²) in [5.41, 5.74) is 0. The van der Waals surface area contributed by atoms with Gasteiger partial charge in [0, 0.05) is 0 Å². The third kappa shape index (κ3) is 0.593. The highest BCUT2D eigenvalue weighted by atomic mass is 16.2. The molecular formula is C7H7NO. The molecular weight excluding hydrogens is 114 g/mol. The van der Waals surface area contributed by atoms with Crippen molar-refractivity contribution in [2.75, 3.05) is 0 Å². The predicted octanol–water partition coefficient (Wildman–Crippen LogP) is 0.227. The first kappa shape index (κ1) is 4.79. The average molecular weight is 121 g/mol. The zero-order valence-electron chi connectivity index (χ0n) is 4.87. The molecule has 2 aliphatic heterocycles. The monoisotopic (exact) mass is 121 g/mol. The molecule has 0 spiro atoms. The van der Waals surface area contributed by atoms with E-state index in [1.807, 2.05) is 24.3 Å². The molecule has 9 heavy (non-hydrogen) atoms. The minimum Gasteiger partial charge on any atom is -0.346 e. The van der Waals surface area contributed by atoms with Crippen molar-refractivity contribution in [3.05, 3.63) is 24.3 Å². The zero-order chi connectivity index (χ0) is 6.27. The number of carbonyl (C=O) groups excluding carboxylic acids is 1. The van der Waals surface area contributed by atoms with Crippen molar-refractivity contribution < 1.29 is 4.79 Å². The van der Waals surface area contributed by atoms with Crippen molar-refractivity contribution in [1.82, 2.24) is 5.32 Å². The number of nitrogens with one attached hydrogen (secondary N) is 1. The molecule has 1 N–H and O–H groups in total. The summed E-state index contributed by atoms with van der Waals surface area (Å²) in [6.07, 6.45) is 7.88. The molecule has 0 unspecified atom stereocenters. The molecule has 2 bridgehead atoms. The van der Waals surface area contributed by atoms with E-state index in [1.54, 1.807) is 0 Å². The van der Waals surface area contributed by atoms with Crippen molar-refractivity contribution in [2.45, 2.75) is 6.04 Å². The van der Waals surface area contributed by atoms with Gasteiger partial charge in [-0.1, -0.05) is 24.3 Å². The second-order valence-electron chi connectivity index (χ2n) is 2.33. The highest BCUT2D eigenvalue weighted by molar-refractivity contribution is 5.85. The van der Waals surface area contributed by atoms with E-state index in [-0.39, 0.29) is 17.9 Å². The van der Waals surface area contributed by atoms with Crippen molar-refractivity contribution in [3.8, 4) is 0 Å². The number of fused-ring (bicyclic) bond motifs is 1. The third-order valence-electron chi connectivity index (χ3n) is 1.66. The predicted molar refractivity (Wildman–Crippen MR) is 33.7 cm³/mol. The van der Waals surface area contributed by atoms with Gasteiger partial charge < -0.3 is 5.32 Å². The van der Waals surface area contributed by atoms with Crippen LogP contribution in [0.3, 0.4) is 0 Å². The van der Waals surface area contributed by atoms with Gasteiger partial charge in [-0.05, 0) is 0 Å². The summed E-state index contributed by atoms with van der Waals surface area (Å²) in [6.45, 7) is 0. The maximum atomic E-state index is 10.8. The van der Waals surface area contributed by atoms with Gasteiger partial charge in [-0.25, -0.2) is 0 Å². The molecule has 0 aromatic rings. The van der Waals surface area contributed by atoms with E-state index in [0.717, 1.165) is 0 Å². The standard InChI is InChI=1S/C7H7NO/c9-7-5-1-3-6(8-7)4-2-5/h1-6H,(H,8,9). The second kappa shape index (κ2) is 1.47. The fraction of sp³-hybridized carbons (Fsp3) is 0.286. The molecule has 2 heterocycles. The van der Waals surface area contributed by atoms with E-state index in [1.165, 1.54) is 0 Å². The first-order valence-corrected chi connectivity index (χ1v) is 3.03. The van der Waals surface area contributed by atoms with Gasteiger partial charge in [-0.3, -0.25) is 4.79 Å². The van der Waals surface area contributed by atoms with Crippen molar-refractivity contribution >= 4 is 5.91 Å². The molecule has 46 valence electrons. The van der Waals surface area contributed by atoms with Gasteiger partial charge in [-0.15, -0.1) is 0 Å². The SMILES string of the molecule is O=C1NC2C=CC1C=C2. The first-order chi connectivity index (χ1) is 4.36. The number of hydrogen-bond donors (Lipinski definition) is 1. The maximum absolute atomic E-state index is 10.8. The lowest BCUT2D eigenvalue weighted by Gasteiger charge is -2.24. The lowest BCUT2D eigenvalue weighted by atomic mass is 9.95. The zero-order valence-corrected chi connectivity index (χ0v) is 4.87. The van der Waals surface area contributed by atoms with Crippen LogP contribution in [0.2, 0.25) is 0 Å².